The molecule has 1 N–H and O–H groups in total. The molecule has 2 rings (SSSR count). The van der Waals surface area contributed by atoms with Crippen LogP contribution >= 0.6 is 0 Å². The zero-order chi connectivity index (χ0) is 17.4. The summed E-state index contributed by atoms with van der Waals surface area (Å²) in [6.07, 6.45) is 0.526. The van der Waals surface area contributed by atoms with E-state index in [9.17, 15) is 18.4 Å². The van der Waals surface area contributed by atoms with Crippen molar-refractivity contribution >= 4 is 11.9 Å². The van der Waals surface area contributed by atoms with Gasteiger partial charge in [-0.25, -0.2) is 8.78 Å². The third-order valence-corrected chi connectivity index (χ3v) is 3.28. The topological polar surface area (TPSA) is 55.4 Å². The Balaban J connectivity index is 1.64. The highest BCUT2D eigenvalue weighted by Crippen LogP contribution is 2.04. The molecule has 0 aliphatic rings. The molecule has 0 bridgehead atoms. The van der Waals surface area contributed by atoms with Crippen molar-refractivity contribution in [3.8, 4) is 0 Å². The summed E-state index contributed by atoms with van der Waals surface area (Å²) in [6, 6.07) is 11.5. The number of carbonyl (C=O) groups is 2. The SMILES string of the molecule is O=C(COC(=O)Cc1ccc(F)cc1)NCCc1ccc(F)cc1. The molecular formula is C18H17F2NO3. The molecule has 1 amide bonds. The third-order valence-electron chi connectivity index (χ3n) is 3.28. The summed E-state index contributed by atoms with van der Waals surface area (Å²) >= 11 is 0. The fraction of sp³-hybridized carbons (Fsp3) is 0.222. The maximum Gasteiger partial charge on any atom is 0.310 e. The number of rotatable bonds is 7. The number of ether oxygens (including phenoxy) is 1. The van der Waals surface area contributed by atoms with E-state index in [0.29, 0.717) is 18.5 Å². The summed E-state index contributed by atoms with van der Waals surface area (Å²) in [5.41, 5.74) is 1.50. The van der Waals surface area contributed by atoms with Crippen LogP contribution in [0.15, 0.2) is 48.5 Å². The molecule has 24 heavy (non-hydrogen) atoms. The molecule has 0 aliphatic heterocycles. The molecule has 0 atom stereocenters. The molecule has 0 aromatic heterocycles. The number of hydrogen-bond acceptors (Lipinski definition) is 3. The normalized spacial score (nSPS) is 10.2. The Kier molecular flexibility index (Phi) is 6.42. The molecule has 2 aromatic carbocycles. The second-order valence-electron chi connectivity index (χ2n) is 5.19. The maximum absolute atomic E-state index is 12.8. The van der Waals surface area contributed by atoms with Crippen molar-refractivity contribution in [1.82, 2.24) is 5.32 Å². The zero-order valence-corrected chi connectivity index (χ0v) is 12.9. The molecule has 4 nitrogen and oxygen atoms in total. The van der Waals surface area contributed by atoms with Gasteiger partial charge in [-0.15, -0.1) is 0 Å². The predicted octanol–water partition coefficient (Wildman–Crippen LogP) is 2.41. The first-order valence-electron chi connectivity index (χ1n) is 7.44. The second-order valence-corrected chi connectivity index (χ2v) is 5.19. The summed E-state index contributed by atoms with van der Waals surface area (Å²) < 4.78 is 30.4. The van der Waals surface area contributed by atoms with E-state index in [0.717, 1.165) is 5.56 Å². The summed E-state index contributed by atoms with van der Waals surface area (Å²) in [6.45, 7) is -0.0105. The molecule has 0 radical (unpaired) electrons. The van der Waals surface area contributed by atoms with Gasteiger partial charge in [0.15, 0.2) is 6.61 Å². The largest absolute Gasteiger partial charge is 0.455 e. The van der Waals surface area contributed by atoms with E-state index in [4.69, 9.17) is 4.74 Å². The Morgan fingerprint density at radius 1 is 0.875 bits per heavy atom. The van der Waals surface area contributed by atoms with Crippen LogP contribution in [0, 0.1) is 11.6 Å². The highest BCUT2D eigenvalue weighted by molar-refractivity contribution is 5.81. The van der Waals surface area contributed by atoms with Gasteiger partial charge < -0.3 is 10.1 Å². The molecule has 0 saturated heterocycles. The van der Waals surface area contributed by atoms with Gasteiger partial charge in [-0.2, -0.15) is 0 Å². The first kappa shape index (κ1) is 17.6. The predicted molar refractivity (Wildman–Crippen MR) is 84.2 cm³/mol. The highest BCUT2D eigenvalue weighted by Gasteiger charge is 2.08. The monoisotopic (exact) mass is 333 g/mol. The molecular weight excluding hydrogens is 316 g/mol. The van der Waals surface area contributed by atoms with Crippen molar-refractivity contribution in [3.63, 3.8) is 0 Å². The molecule has 126 valence electrons. The van der Waals surface area contributed by atoms with Gasteiger partial charge in [-0.3, -0.25) is 9.59 Å². The van der Waals surface area contributed by atoms with Gasteiger partial charge in [-0.05, 0) is 41.8 Å². The van der Waals surface area contributed by atoms with Crippen LogP contribution in [0.1, 0.15) is 11.1 Å². The van der Waals surface area contributed by atoms with Crippen LogP contribution in [0.5, 0.6) is 0 Å². The van der Waals surface area contributed by atoms with E-state index in [1.165, 1.54) is 36.4 Å². The number of amides is 1. The van der Waals surface area contributed by atoms with Crippen LogP contribution in [-0.4, -0.2) is 25.0 Å². The molecule has 0 heterocycles. The number of esters is 1. The average Bonchev–Trinajstić information content (AvgIpc) is 2.57. The van der Waals surface area contributed by atoms with Crippen LogP contribution in [0.25, 0.3) is 0 Å². The summed E-state index contributed by atoms with van der Waals surface area (Å²) in [7, 11) is 0. The highest BCUT2D eigenvalue weighted by atomic mass is 19.1. The van der Waals surface area contributed by atoms with Gasteiger partial charge in [0, 0.05) is 6.54 Å². The van der Waals surface area contributed by atoms with Gasteiger partial charge in [0.25, 0.3) is 5.91 Å². The fourth-order valence-electron chi connectivity index (χ4n) is 2.01. The summed E-state index contributed by atoms with van der Waals surface area (Å²) in [4.78, 5) is 23.2. The van der Waals surface area contributed by atoms with Crippen LogP contribution in [0.4, 0.5) is 8.78 Å². The average molecular weight is 333 g/mol. The van der Waals surface area contributed by atoms with Gasteiger partial charge in [0.05, 0.1) is 6.42 Å². The Morgan fingerprint density at radius 2 is 1.42 bits per heavy atom. The first-order valence-corrected chi connectivity index (χ1v) is 7.44. The Hall–Kier alpha value is -2.76. The Labute approximate surface area is 138 Å². The molecule has 2 aromatic rings. The van der Waals surface area contributed by atoms with E-state index in [1.54, 1.807) is 12.1 Å². The number of carbonyl (C=O) groups excluding carboxylic acids is 2. The minimum Gasteiger partial charge on any atom is -0.455 e. The van der Waals surface area contributed by atoms with Crippen molar-refractivity contribution in [3.05, 3.63) is 71.3 Å². The number of halogens is 2. The van der Waals surface area contributed by atoms with E-state index in [2.05, 4.69) is 5.32 Å². The Morgan fingerprint density at radius 3 is 2.00 bits per heavy atom. The van der Waals surface area contributed by atoms with Gasteiger partial charge in [0.1, 0.15) is 11.6 Å². The van der Waals surface area contributed by atoms with E-state index >= 15 is 0 Å². The lowest BCUT2D eigenvalue weighted by Gasteiger charge is -2.07. The van der Waals surface area contributed by atoms with Crippen molar-refractivity contribution in [1.29, 1.82) is 0 Å². The van der Waals surface area contributed by atoms with Gasteiger partial charge >= 0.3 is 5.97 Å². The fourth-order valence-corrected chi connectivity index (χ4v) is 2.01. The lowest BCUT2D eigenvalue weighted by molar-refractivity contribution is -0.147. The quantitative estimate of drug-likeness (QED) is 0.792. The van der Waals surface area contributed by atoms with Crippen LogP contribution in [-0.2, 0) is 27.2 Å². The minimum absolute atomic E-state index is 0.0247. The zero-order valence-electron chi connectivity index (χ0n) is 12.9. The Bertz CT molecular complexity index is 684. The number of nitrogens with one attached hydrogen (secondary N) is 1. The molecule has 0 spiro atoms. The van der Waals surface area contributed by atoms with E-state index < -0.39 is 11.9 Å². The molecule has 6 heteroatoms. The molecule has 0 fully saturated rings. The van der Waals surface area contributed by atoms with Crippen molar-refractivity contribution < 1.29 is 23.1 Å². The third kappa shape index (κ3) is 6.16. The van der Waals surface area contributed by atoms with Gasteiger partial charge in [0.2, 0.25) is 0 Å². The standard InChI is InChI=1S/C18H17F2NO3/c19-15-5-1-13(2-6-15)9-10-21-17(22)12-24-18(23)11-14-3-7-16(20)8-4-14/h1-8H,9-12H2,(H,21,22). The smallest absolute Gasteiger partial charge is 0.310 e. The van der Waals surface area contributed by atoms with Crippen molar-refractivity contribution in [2.45, 2.75) is 12.8 Å². The first-order chi connectivity index (χ1) is 11.5. The number of benzene rings is 2. The number of hydrogen-bond donors (Lipinski definition) is 1. The summed E-state index contributed by atoms with van der Waals surface area (Å²) in [5.74, 6) is -1.66. The minimum atomic E-state index is -0.560. The van der Waals surface area contributed by atoms with E-state index in [1.807, 2.05) is 0 Å². The van der Waals surface area contributed by atoms with Crippen LogP contribution in [0.3, 0.4) is 0 Å². The van der Waals surface area contributed by atoms with Crippen LogP contribution in [0.2, 0.25) is 0 Å². The second kappa shape index (κ2) is 8.76. The van der Waals surface area contributed by atoms with Crippen molar-refractivity contribution in [2.24, 2.45) is 0 Å². The van der Waals surface area contributed by atoms with Gasteiger partial charge in [-0.1, -0.05) is 24.3 Å². The molecule has 0 unspecified atom stereocenters. The summed E-state index contributed by atoms with van der Waals surface area (Å²) in [5, 5.41) is 2.61. The maximum atomic E-state index is 12.8. The molecule has 0 aliphatic carbocycles. The lowest BCUT2D eigenvalue weighted by atomic mass is 10.1. The van der Waals surface area contributed by atoms with Crippen LogP contribution < -0.4 is 5.32 Å². The van der Waals surface area contributed by atoms with E-state index in [-0.39, 0.29) is 24.7 Å². The van der Waals surface area contributed by atoms with Crippen molar-refractivity contribution in [2.75, 3.05) is 13.2 Å². The lowest BCUT2D eigenvalue weighted by Crippen LogP contribution is -2.30. The molecule has 0 saturated carbocycles.